The van der Waals surface area contributed by atoms with Crippen LogP contribution >= 0.6 is 0 Å². The summed E-state index contributed by atoms with van der Waals surface area (Å²) < 4.78 is 14.5. The van der Waals surface area contributed by atoms with Crippen LogP contribution in [0.2, 0.25) is 0 Å². The number of nitrogens with zero attached hydrogens (tertiary/aromatic N) is 1. The maximum absolute atomic E-state index is 14.5. The molecule has 4 aromatic rings. The van der Waals surface area contributed by atoms with Crippen molar-refractivity contribution < 1.29 is 14.4 Å². The first kappa shape index (κ1) is 25.0. The number of H-pyrrole nitrogens is 2. The monoisotopic (exact) mass is 500 g/mol. The summed E-state index contributed by atoms with van der Waals surface area (Å²) in [6, 6.07) is 13.0. The van der Waals surface area contributed by atoms with Crippen molar-refractivity contribution in [2.75, 3.05) is 6.54 Å². The minimum absolute atomic E-state index is 0.155. The summed E-state index contributed by atoms with van der Waals surface area (Å²) in [5.41, 5.74) is 10.9. The predicted octanol–water partition coefficient (Wildman–Crippen LogP) is 5.81. The molecule has 0 spiro atoms. The molecule has 1 atom stereocenters. The number of carbonyl (C=O) groups excluding carboxylic acids is 1. The van der Waals surface area contributed by atoms with Crippen LogP contribution in [-0.2, 0) is 24.2 Å². The van der Waals surface area contributed by atoms with Crippen LogP contribution in [0.15, 0.2) is 48.7 Å². The molecular formula is C30H33FN4O2. The second-order valence-electron chi connectivity index (χ2n) is 10.1. The molecule has 1 amide bonds. The molecule has 0 aliphatic heterocycles. The largest absolute Gasteiger partial charge is 0.361 e. The molecule has 2 aromatic heterocycles. The maximum Gasteiger partial charge on any atom is 0.267 e. The molecule has 0 saturated heterocycles. The lowest BCUT2D eigenvalue weighted by Gasteiger charge is -2.30. The van der Waals surface area contributed by atoms with E-state index in [-0.39, 0.29) is 11.9 Å². The number of aromatic nitrogens is 2. The molecule has 7 heteroatoms. The van der Waals surface area contributed by atoms with Crippen molar-refractivity contribution >= 4 is 22.9 Å². The molecule has 6 nitrogen and oxygen atoms in total. The average Bonchev–Trinajstić information content (AvgIpc) is 3.57. The van der Waals surface area contributed by atoms with E-state index in [2.05, 4.69) is 58.3 Å². The number of aromatic amines is 2. The fourth-order valence-corrected chi connectivity index (χ4v) is 5.57. The molecule has 2 aromatic carbocycles. The van der Waals surface area contributed by atoms with Gasteiger partial charge in [-0.25, -0.2) is 9.87 Å². The third-order valence-corrected chi connectivity index (χ3v) is 7.59. The second-order valence-corrected chi connectivity index (χ2v) is 10.1. The van der Waals surface area contributed by atoms with E-state index in [1.54, 1.807) is 18.5 Å². The van der Waals surface area contributed by atoms with E-state index in [9.17, 15) is 9.18 Å². The summed E-state index contributed by atoms with van der Waals surface area (Å²) in [6.45, 7) is 7.20. The Kier molecular flexibility index (Phi) is 7.00. The Hall–Kier alpha value is -3.68. The van der Waals surface area contributed by atoms with Gasteiger partial charge in [-0.1, -0.05) is 30.3 Å². The molecule has 1 aliphatic rings. The van der Waals surface area contributed by atoms with Gasteiger partial charge in [-0.15, -0.1) is 0 Å². The van der Waals surface area contributed by atoms with Gasteiger partial charge in [0, 0.05) is 59.3 Å². The van der Waals surface area contributed by atoms with Gasteiger partial charge < -0.3 is 9.97 Å². The lowest BCUT2D eigenvalue weighted by atomic mass is 10.0. The number of benzene rings is 2. The summed E-state index contributed by atoms with van der Waals surface area (Å²) in [5.74, 6) is -0.710. The number of hydrogen-bond acceptors (Lipinski definition) is 3. The van der Waals surface area contributed by atoms with E-state index >= 15 is 0 Å². The number of nitrogens with one attached hydrogen (secondary N) is 3. The number of rotatable bonds is 8. The van der Waals surface area contributed by atoms with E-state index in [1.165, 1.54) is 33.7 Å². The summed E-state index contributed by atoms with van der Waals surface area (Å²) >= 11 is 0. The Balaban J connectivity index is 1.42. The summed E-state index contributed by atoms with van der Waals surface area (Å²) in [6.07, 6.45) is 7.92. The van der Waals surface area contributed by atoms with E-state index < -0.39 is 5.91 Å². The first-order valence-electron chi connectivity index (χ1n) is 12.7. The molecule has 1 unspecified atom stereocenters. The van der Waals surface area contributed by atoms with E-state index in [1.807, 2.05) is 13.0 Å². The number of carbonyl (C=O) groups is 1. The summed E-state index contributed by atoms with van der Waals surface area (Å²) in [7, 11) is 0. The Morgan fingerprint density at radius 3 is 2.81 bits per heavy atom. The number of hydroxylamine groups is 1. The molecule has 2 heterocycles. The standard InChI is InChI=1S/C30H33FN4O2/c1-18-4-8-24-23(16-32-26(24)14-18)12-13-35(17-27-19(2)30(31)20(3)33-27)28-10-7-22-15-21(5-9-25(22)28)6-11-29(36)34-37/h4-6,8-9,11,14-16,28,32-33,37H,7,10,12-13,17H2,1-3H3,(H,34,36). The van der Waals surface area contributed by atoms with Crippen LogP contribution in [0.1, 0.15) is 57.2 Å². The van der Waals surface area contributed by atoms with Crippen LogP contribution in [0.4, 0.5) is 4.39 Å². The zero-order valence-electron chi connectivity index (χ0n) is 21.5. The molecule has 5 rings (SSSR count). The number of aryl methyl sites for hydroxylation is 3. The highest BCUT2D eigenvalue weighted by Crippen LogP contribution is 2.38. The highest BCUT2D eigenvalue weighted by molar-refractivity contribution is 5.90. The summed E-state index contributed by atoms with van der Waals surface area (Å²) in [5, 5.41) is 9.98. The van der Waals surface area contributed by atoms with Gasteiger partial charge in [-0.2, -0.15) is 0 Å². The van der Waals surface area contributed by atoms with Crippen LogP contribution in [0, 0.1) is 26.6 Å². The number of amides is 1. The number of hydrogen-bond donors (Lipinski definition) is 4. The van der Waals surface area contributed by atoms with Gasteiger partial charge in [-0.3, -0.25) is 14.9 Å². The Morgan fingerprint density at radius 2 is 2.05 bits per heavy atom. The molecule has 0 fully saturated rings. The highest BCUT2D eigenvalue weighted by Gasteiger charge is 2.29. The van der Waals surface area contributed by atoms with Crippen molar-refractivity contribution in [3.05, 3.63) is 99.3 Å². The molecule has 0 bridgehead atoms. The Morgan fingerprint density at radius 1 is 1.22 bits per heavy atom. The normalized spacial score (nSPS) is 15.2. The van der Waals surface area contributed by atoms with Crippen LogP contribution in [0.25, 0.3) is 17.0 Å². The smallest absolute Gasteiger partial charge is 0.267 e. The van der Waals surface area contributed by atoms with Crippen molar-refractivity contribution in [3.8, 4) is 0 Å². The quantitative estimate of drug-likeness (QED) is 0.140. The van der Waals surface area contributed by atoms with Crippen LogP contribution in [0.3, 0.4) is 0 Å². The van der Waals surface area contributed by atoms with Gasteiger partial charge in [-0.05, 0) is 80.0 Å². The molecule has 1 aliphatic carbocycles. The van der Waals surface area contributed by atoms with Crippen molar-refractivity contribution in [1.29, 1.82) is 0 Å². The lowest BCUT2D eigenvalue weighted by Crippen LogP contribution is -2.30. The fraction of sp³-hybridized carbons (Fsp3) is 0.300. The van der Waals surface area contributed by atoms with E-state index in [0.717, 1.165) is 42.6 Å². The zero-order valence-corrected chi connectivity index (χ0v) is 21.5. The molecule has 4 N–H and O–H groups in total. The molecule has 0 radical (unpaired) electrons. The Bertz CT molecular complexity index is 1480. The van der Waals surface area contributed by atoms with Gasteiger partial charge in [0.2, 0.25) is 0 Å². The minimum Gasteiger partial charge on any atom is -0.361 e. The van der Waals surface area contributed by atoms with Gasteiger partial charge in [0.25, 0.3) is 5.91 Å². The predicted molar refractivity (Wildman–Crippen MR) is 144 cm³/mol. The average molecular weight is 501 g/mol. The highest BCUT2D eigenvalue weighted by atomic mass is 19.1. The third-order valence-electron chi connectivity index (χ3n) is 7.59. The fourth-order valence-electron chi connectivity index (χ4n) is 5.57. The van der Waals surface area contributed by atoms with Gasteiger partial charge in [0.05, 0.1) is 0 Å². The molecule has 37 heavy (non-hydrogen) atoms. The topological polar surface area (TPSA) is 84.2 Å². The lowest BCUT2D eigenvalue weighted by molar-refractivity contribution is -0.124. The van der Waals surface area contributed by atoms with Crippen LogP contribution < -0.4 is 5.48 Å². The van der Waals surface area contributed by atoms with Gasteiger partial charge in [0.15, 0.2) is 0 Å². The first-order chi connectivity index (χ1) is 17.8. The number of fused-ring (bicyclic) bond motifs is 2. The number of halogens is 1. The van der Waals surface area contributed by atoms with Crippen molar-refractivity contribution in [1.82, 2.24) is 20.3 Å². The SMILES string of the molecule is Cc1ccc2c(CCN(Cc3[nH]c(C)c(F)c3C)C3CCc4cc(C=CC(=O)NO)ccc43)c[nH]c2c1. The van der Waals surface area contributed by atoms with Gasteiger partial charge >= 0.3 is 0 Å². The van der Waals surface area contributed by atoms with Crippen molar-refractivity contribution in [2.24, 2.45) is 0 Å². The maximum atomic E-state index is 14.5. The minimum atomic E-state index is -0.555. The van der Waals surface area contributed by atoms with Crippen LogP contribution in [-0.4, -0.2) is 32.5 Å². The first-order valence-corrected chi connectivity index (χ1v) is 12.7. The molecule has 0 saturated carbocycles. The van der Waals surface area contributed by atoms with Crippen LogP contribution in [0.5, 0.6) is 0 Å². The zero-order chi connectivity index (χ0) is 26.1. The second kappa shape index (κ2) is 10.4. The van der Waals surface area contributed by atoms with E-state index in [4.69, 9.17) is 5.21 Å². The van der Waals surface area contributed by atoms with Crippen molar-refractivity contribution in [3.63, 3.8) is 0 Å². The third kappa shape index (κ3) is 5.10. The molecular weight excluding hydrogens is 467 g/mol. The van der Waals surface area contributed by atoms with Crippen molar-refractivity contribution in [2.45, 2.75) is 52.6 Å². The van der Waals surface area contributed by atoms with E-state index in [0.29, 0.717) is 17.8 Å². The summed E-state index contributed by atoms with van der Waals surface area (Å²) in [4.78, 5) is 20.5. The Labute approximate surface area is 216 Å². The van der Waals surface area contributed by atoms with Gasteiger partial charge in [0.1, 0.15) is 5.82 Å². The molecule has 192 valence electrons.